The summed E-state index contributed by atoms with van der Waals surface area (Å²) < 4.78 is 17.6. The van der Waals surface area contributed by atoms with E-state index < -0.39 is 6.29 Å². The number of nitrogens with one attached hydrogen (secondary N) is 1. The van der Waals surface area contributed by atoms with Crippen molar-refractivity contribution >= 4 is 0 Å². The summed E-state index contributed by atoms with van der Waals surface area (Å²) in [6.45, 7) is 4.05. The van der Waals surface area contributed by atoms with Crippen LogP contribution in [0, 0.1) is 0 Å². The largest absolute Gasteiger partial charge is 0.493 e. The maximum absolute atomic E-state index is 5.60. The second kappa shape index (κ2) is 6.69. The van der Waals surface area contributed by atoms with Gasteiger partial charge in [0, 0.05) is 20.3 Å². The molecule has 1 unspecified atom stereocenters. The fraction of sp³-hybridized carbons (Fsp3) is 0.727. The summed E-state index contributed by atoms with van der Waals surface area (Å²) in [6, 6.07) is -0.200. The van der Waals surface area contributed by atoms with Gasteiger partial charge in [-0.3, -0.25) is 10.5 Å². The van der Waals surface area contributed by atoms with Gasteiger partial charge in [0.2, 0.25) is 0 Å². The zero-order valence-electron chi connectivity index (χ0n) is 11.5. The molecule has 1 heterocycles. The van der Waals surface area contributed by atoms with Gasteiger partial charge >= 0.3 is 0 Å². The SMILES string of the molecule is COc1cnn(C(C)C)c1C(NN)C(OC)OC. The van der Waals surface area contributed by atoms with Crippen LogP contribution in [0.3, 0.4) is 0 Å². The fourth-order valence-electron chi connectivity index (χ4n) is 1.88. The second-order valence-electron chi connectivity index (χ2n) is 4.12. The van der Waals surface area contributed by atoms with Crippen LogP contribution in [-0.2, 0) is 9.47 Å². The number of nitrogens with zero attached hydrogens (tertiary/aromatic N) is 2. The zero-order chi connectivity index (χ0) is 13.7. The van der Waals surface area contributed by atoms with Crippen molar-refractivity contribution < 1.29 is 14.2 Å². The Morgan fingerprint density at radius 3 is 2.28 bits per heavy atom. The molecule has 0 aliphatic rings. The molecule has 1 aromatic rings. The molecule has 0 amide bonds. The van der Waals surface area contributed by atoms with Crippen LogP contribution in [-0.4, -0.2) is 37.4 Å². The van der Waals surface area contributed by atoms with E-state index in [2.05, 4.69) is 10.5 Å². The Labute approximate surface area is 107 Å². The van der Waals surface area contributed by atoms with Crippen LogP contribution in [0.2, 0.25) is 0 Å². The van der Waals surface area contributed by atoms with E-state index in [1.54, 1.807) is 27.5 Å². The van der Waals surface area contributed by atoms with Gasteiger partial charge in [-0.25, -0.2) is 5.43 Å². The van der Waals surface area contributed by atoms with Crippen LogP contribution in [0.15, 0.2) is 6.20 Å². The number of hydrogen-bond donors (Lipinski definition) is 2. The highest BCUT2D eigenvalue weighted by Gasteiger charge is 2.29. The number of aromatic nitrogens is 2. The van der Waals surface area contributed by atoms with Crippen LogP contribution in [0.25, 0.3) is 0 Å². The Morgan fingerprint density at radius 2 is 1.89 bits per heavy atom. The zero-order valence-corrected chi connectivity index (χ0v) is 11.5. The van der Waals surface area contributed by atoms with Crippen molar-refractivity contribution in [1.29, 1.82) is 0 Å². The van der Waals surface area contributed by atoms with Crippen molar-refractivity contribution in [3.63, 3.8) is 0 Å². The molecular formula is C11H22N4O3. The molecular weight excluding hydrogens is 236 g/mol. The number of nitrogens with two attached hydrogens (primary N) is 1. The predicted octanol–water partition coefficient (Wildman–Crippen LogP) is 0.596. The van der Waals surface area contributed by atoms with Crippen LogP contribution < -0.4 is 16.0 Å². The molecule has 7 nitrogen and oxygen atoms in total. The van der Waals surface area contributed by atoms with Crippen molar-refractivity contribution in [2.24, 2.45) is 5.84 Å². The lowest BCUT2D eigenvalue weighted by atomic mass is 10.2. The first-order valence-corrected chi connectivity index (χ1v) is 5.73. The molecule has 1 rings (SSSR count). The highest BCUT2D eigenvalue weighted by Crippen LogP contribution is 2.30. The number of hydrogen-bond acceptors (Lipinski definition) is 6. The molecule has 0 aliphatic carbocycles. The van der Waals surface area contributed by atoms with Gasteiger partial charge in [0.25, 0.3) is 0 Å². The summed E-state index contributed by atoms with van der Waals surface area (Å²) in [5, 5.41) is 4.29. The molecule has 104 valence electrons. The van der Waals surface area contributed by atoms with E-state index in [0.29, 0.717) is 5.75 Å². The summed E-state index contributed by atoms with van der Waals surface area (Å²) in [7, 11) is 4.70. The van der Waals surface area contributed by atoms with Gasteiger partial charge in [0.05, 0.1) is 13.3 Å². The molecule has 0 saturated carbocycles. The lowest BCUT2D eigenvalue weighted by Gasteiger charge is -2.26. The smallest absolute Gasteiger partial charge is 0.179 e. The van der Waals surface area contributed by atoms with Crippen molar-refractivity contribution in [2.45, 2.75) is 32.2 Å². The van der Waals surface area contributed by atoms with E-state index >= 15 is 0 Å². The van der Waals surface area contributed by atoms with E-state index in [1.807, 2.05) is 18.5 Å². The van der Waals surface area contributed by atoms with E-state index in [0.717, 1.165) is 5.69 Å². The average Bonchev–Trinajstić information content (AvgIpc) is 2.79. The van der Waals surface area contributed by atoms with Gasteiger partial charge < -0.3 is 14.2 Å². The van der Waals surface area contributed by atoms with Crippen molar-refractivity contribution in [2.75, 3.05) is 21.3 Å². The molecule has 0 spiro atoms. The van der Waals surface area contributed by atoms with Crippen LogP contribution in [0.5, 0.6) is 5.75 Å². The molecule has 3 N–H and O–H groups in total. The second-order valence-corrected chi connectivity index (χ2v) is 4.12. The third-order valence-electron chi connectivity index (χ3n) is 2.72. The third kappa shape index (κ3) is 2.81. The number of hydrazine groups is 1. The van der Waals surface area contributed by atoms with E-state index in [4.69, 9.17) is 20.1 Å². The molecule has 0 aromatic carbocycles. The van der Waals surface area contributed by atoms with Crippen LogP contribution >= 0.6 is 0 Å². The minimum atomic E-state index is -0.530. The Kier molecular flexibility index (Phi) is 5.54. The van der Waals surface area contributed by atoms with Crippen molar-refractivity contribution in [3.05, 3.63) is 11.9 Å². The lowest BCUT2D eigenvalue weighted by molar-refractivity contribution is -0.126. The quantitative estimate of drug-likeness (QED) is 0.423. The highest BCUT2D eigenvalue weighted by molar-refractivity contribution is 5.29. The third-order valence-corrected chi connectivity index (χ3v) is 2.72. The van der Waals surface area contributed by atoms with Gasteiger partial charge in [-0.15, -0.1) is 0 Å². The minimum absolute atomic E-state index is 0.175. The molecule has 0 bridgehead atoms. The standard InChI is InChI=1S/C11H22N4O3/c1-7(2)15-10(8(16-3)6-13-15)9(14-12)11(17-4)18-5/h6-7,9,11,14H,12H2,1-5H3. The number of ether oxygens (including phenoxy) is 3. The van der Waals surface area contributed by atoms with Crippen molar-refractivity contribution in [1.82, 2.24) is 15.2 Å². The molecule has 18 heavy (non-hydrogen) atoms. The van der Waals surface area contributed by atoms with Gasteiger partial charge in [-0.2, -0.15) is 5.10 Å². The van der Waals surface area contributed by atoms with Gasteiger partial charge in [0.15, 0.2) is 12.0 Å². The Hall–Kier alpha value is -1.15. The van der Waals surface area contributed by atoms with E-state index in [1.165, 1.54) is 0 Å². The summed E-state index contributed by atoms with van der Waals surface area (Å²) in [6.07, 6.45) is 1.13. The van der Waals surface area contributed by atoms with Gasteiger partial charge in [0.1, 0.15) is 11.7 Å². The minimum Gasteiger partial charge on any atom is -0.493 e. The molecule has 1 aromatic heterocycles. The van der Waals surface area contributed by atoms with Gasteiger partial charge in [-0.05, 0) is 13.8 Å². The summed E-state index contributed by atoms with van der Waals surface area (Å²) in [5.41, 5.74) is 3.48. The van der Waals surface area contributed by atoms with E-state index in [9.17, 15) is 0 Å². The van der Waals surface area contributed by atoms with Gasteiger partial charge in [-0.1, -0.05) is 0 Å². The number of rotatable bonds is 7. The first-order chi connectivity index (χ1) is 8.60. The molecule has 7 heteroatoms. The molecule has 0 radical (unpaired) electrons. The van der Waals surface area contributed by atoms with E-state index in [-0.39, 0.29) is 12.1 Å². The summed E-state index contributed by atoms with van der Waals surface area (Å²) >= 11 is 0. The number of methoxy groups -OCH3 is 3. The molecule has 0 fully saturated rings. The Bertz CT molecular complexity index is 363. The maximum Gasteiger partial charge on any atom is 0.179 e. The topological polar surface area (TPSA) is 83.6 Å². The van der Waals surface area contributed by atoms with Crippen LogP contribution in [0.1, 0.15) is 31.6 Å². The first kappa shape index (κ1) is 14.9. The predicted molar refractivity (Wildman–Crippen MR) is 67.0 cm³/mol. The summed E-state index contributed by atoms with van der Waals surface area (Å²) in [4.78, 5) is 0. The lowest BCUT2D eigenvalue weighted by Crippen LogP contribution is -2.40. The normalized spacial score (nSPS) is 13.3. The summed E-state index contributed by atoms with van der Waals surface area (Å²) in [5.74, 6) is 6.25. The fourth-order valence-corrected chi connectivity index (χ4v) is 1.88. The average molecular weight is 258 g/mol. The molecule has 1 atom stereocenters. The van der Waals surface area contributed by atoms with Crippen LogP contribution in [0.4, 0.5) is 0 Å². The molecule has 0 saturated heterocycles. The molecule has 0 aliphatic heterocycles. The Morgan fingerprint density at radius 1 is 1.28 bits per heavy atom. The highest BCUT2D eigenvalue weighted by atomic mass is 16.7. The monoisotopic (exact) mass is 258 g/mol. The first-order valence-electron chi connectivity index (χ1n) is 5.73. The van der Waals surface area contributed by atoms with Crippen molar-refractivity contribution in [3.8, 4) is 5.75 Å². The Balaban J connectivity index is 3.21. The maximum atomic E-state index is 5.60.